The van der Waals surface area contributed by atoms with Crippen LogP contribution >= 0.6 is 23.4 Å². The summed E-state index contributed by atoms with van der Waals surface area (Å²) >= 11 is 7.72. The number of ether oxygens (including phenoxy) is 1. The van der Waals surface area contributed by atoms with E-state index in [1.54, 1.807) is 18.9 Å². The molecule has 0 aliphatic carbocycles. The zero-order chi connectivity index (χ0) is 16.1. The molecule has 1 aromatic heterocycles. The molecule has 0 aliphatic heterocycles. The van der Waals surface area contributed by atoms with E-state index in [4.69, 9.17) is 16.3 Å². The molecule has 0 saturated carbocycles. The molecule has 0 unspecified atom stereocenters. The monoisotopic (exact) mass is 345 g/mol. The van der Waals surface area contributed by atoms with E-state index in [-0.39, 0.29) is 0 Å². The van der Waals surface area contributed by atoms with Gasteiger partial charge >= 0.3 is 0 Å². The lowest BCUT2D eigenvalue weighted by molar-refractivity contribution is 0.414. The first kappa shape index (κ1) is 15.9. The van der Waals surface area contributed by atoms with Crippen molar-refractivity contribution in [2.75, 3.05) is 7.11 Å². The molecule has 0 spiro atoms. The highest BCUT2D eigenvalue weighted by molar-refractivity contribution is 7.98. The first-order valence-electron chi connectivity index (χ1n) is 7.15. The van der Waals surface area contributed by atoms with Crippen molar-refractivity contribution < 1.29 is 4.74 Å². The van der Waals surface area contributed by atoms with Gasteiger partial charge in [0.2, 0.25) is 5.16 Å². The Labute approximate surface area is 144 Å². The third-order valence-electron chi connectivity index (χ3n) is 3.36. The molecule has 1 N–H and O–H groups in total. The minimum atomic E-state index is 0.712. The second-order valence-corrected chi connectivity index (χ2v) is 6.32. The topological polar surface area (TPSA) is 50.8 Å². The molecule has 0 saturated heterocycles. The molecule has 0 amide bonds. The molecular formula is C17H16ClN3OS. The van der Waals surface area contributed by atoms with Crippen molar-refractivity contribution in [3.63, 3.8) is 0 Å². The van der Waals surface area contributed by atoms with Gasteiger partial charge in [-0.3, -0.25) is 5.10 Å². The first-order chi connectivity index (χ1) is 11.2. The third kappa shape index (κ3) is 4.27. The fraction of sp³-hybridized carbons (Fsp3) is 0.176. The number of hydrogen-bond acceptors (Lipinski definition) is 4. The van der Waals surface area contributed by atoms with E-state index in [9.17, 15) is 0 Å². The molecule has 3 rings (SSSR count). The molecule has 4 nitrogen and oxygen atoms in total. The normalized spacial score (nSPS) is 10.7. The van der Waals surface area contributed by atoms with Crippen LogP contribution in [0.25, 0.3) is 0 Å². The van der Waals surface area contributed by atoms with Crippen molar-refractivity contribution >= 4 is 23.4 Å². The van der Waals surface area contributed by atoms with Gasteiger partial charge in [0.1, 0.15) is 11.6 Å². The maximum atomic E-state index is 6.16. The summed E-state index contributed by atoms with van der Waals surface area (Å²) in [6.45, 7) is 0. The number of halogens is 1. The summed E-state index contributed by atoms with van der Waals surface area (Å²) in [5.74, 6) is 2.44. The Hall–Kier alpha value is -1.98. The van der Waals surface area contributed by atoms with Crippen molar-refractivity contribution in [3.05, 3.63) is 70.5 Å². The molecule has 2 aromatic carbocycles. The number of hydrogen-bond donors (Lipinski definition) is 1. The molecule has 0 bridgehead atoms. The Morgan fingerprint density at radius 3 is 2.65 bits per heavy atom. The van der Waals surface area contributed by atoms with E-state index in [0.717, 1.165) is 38.6 Å². The number of thioether (sulfide) groups is 1. The predicted octanol–water partition coefficient (Wildman–Crippen LogP) is 4.35. The summed E-state index contributed by atoms with van der Waals surface area (Å²) in [6, 6.07) is 15.8. The average molecular weight is 346 g/mol. The molecule has 3 aromatic rings. The summed E-state index contributed by atoms with van der Waals surface area (Å²) in [7, 11) is 1.66. The molecule has 23 heavy (non-hydrogen) atoms. The number of methoxy groups -OCH3 is 1. The summed E-state index contributed by atoms with van der Waals surface area (Å²) in [5, 5.41) is 8.74. The summed E-state index contributed by atoms with van der Waals surface area (Å²) in [6.07, 6.45) is 0.712. The van der Waals surface area contributed by atoms with Crippen molar-refractivity contribution in [2.45, 2.75) is 17.3 Å². The van der Waals surface area contributed by atoms with Crippen molar-refractivity contribution in [1.29, 1.82) is 0 Å². The standard InChI is InChI=1S/C17H16ClN3OS/c1-22-14-8-6-12(7-9-14)10-16-19-17(21-20-16)23-11-13-4-2-3-5-15(13)18/h2-9H,10-11H2,1H3,(H,19,20,21). The number of aromatic amines is 1. The second-order valence-electron chi connectivity index (χ2n) is 4.97. The lowest BCUT2D eigenvalue weighted by atomic mass is 10.1. The molecule has 0 radical (unpaired) electrons. The van der Waals surface area contributed by atoms with Crippen molar-refractivity contribution in [3.8, 4) is 5.75 Å². The molecule has 6 heteroatoms. The predicted molar refractivity (Wildman–Crippen MR) is 93.2 cm³/mol. The zero-order valence-corrected chi connectivity index (χ0v) is 14.2. The van der Waals surface area contributed by atoms with E-state index in [1.165, 1.54) is 0 Å². The highest BCUT2D eigenvalue weighted by Crippen LogP contribution is 2.24. The van der Waals surface area contributed by atoms with Crippen LogP contribution in [0.1, 0.15) is 17.0 Å². The van der Waals surface area contributed by atoms with Crippen LogP contribution in [-0.2, 0) is 12.2 Å². The van der Waals surface area contributed by atoms with Gasteiger partial charge in [-0.15, -0.1) is 5.10 Å². The van der Waals surface area contributed by atoms with Crippen molar-refractivity contribution in [1.82, 2.24) is 15.2 Å². The van der Waals surface area contributed by atoms with E-state index in [2.05, 4.69) is 15.2 Å². The number of aromatic nitrogens is 3. The Morgan fingerprint density at radius 2 is 1.91 bits per heavy atom. The summed E-state index contributed by atoms with van der Waals surface area (Å²) in [4.78, 5) is 4.51. The van der Waals surface area contributed by atoms with E-state index in [1.807, 2.05) is 48.5 Å². The lowest BCUT2D eigenvalue weighted by Gasteiger charge is -2.01. The number of nitrogens with one attached hydrogen (secondary N) is 1. The van der Waals surface area contributed by atoms with Crippen LogP contribution in [0.4, 0.5) is 0 Å². The minimum absolute atomic E-state index is 0.712. The van der Waals surface area contributed by atoms with Gasteiger partial charge in [0.05, 0.1) is 7.11 Å². The number of benzene rings is 2. The zero-order valence-electron chi connectivity index (χ0n) is 12.6. The SMILES string of the molecule is COc1ccc(Cc2nc(SCc3ccccc3Cl)n[nH]2)cc1. The maximum Gasteiger partial charge on any atom is 0.208 e. The molecule has 0 atom stereocenters. The molecular weight excluding hydrogens is 330 g/mol. The van der Waals surface area contributed by atoms with E-state index in [0.29, 0.717) is 6.42 Å². The lowest BCUT2D eigenvalue weighted by Crippen LogP contribution is -1.91. The average Bonchev–Trinajstić information content (AvgIpc) is 3.02. The highest BCUT2D eigenvalue weighted by Gasteiger charge is 2.07. The fourth-order valence-corrected chi connectivity index (χ4v) is 3.22. The van der Waals surface area contributed by atoms with Gasteiger partial charge in [0.15, 0.2) is 0 Å². The fourth-order valence-electron chi connectivity index (χ4n) is 2.12. The van der Waals surface area contributed by atoms with Crippen LogP contribution in [0.3, 0.4) is 0 Å². The molecule has 0 aliphatic rings. The number of rotatable bonds is 6. The van der Waals surface area contributed by atoms with Crippen LogP contribution in [0.5, 0.6) is 5.75 Å². The summed E-state index contributed by atoms with van der Waals surface area (Å²) in [5.41, 5.74) is 2.24. The van der Waals surface area contributed by atoms with Gasteiger partial charge < -0.3 is 4.74 Å². The largest absolute Gasteiger partial charge is 0.497 e. The van der Waals surface area contributed by atoms with Gasteiger partial charge in [-0.2, -0.15) is 0 Å². The van der Waals surface area contributed by atoms with Crippen LogP contribution < -0.4 is 4.74 Å². The Bertz CT molecular complexity index is 774. The van der Waals surface area contributed by atoms with Crippen LogP contribution in [0.15, 0.2) is 53.7 Å². The van der Waals surface area contributed by atoms with Gasteiger partial charge in [0, 0.05) is 17.2 Å². The summed E-state index contributed by atoms with van der Waals surface area (Å²) < 4.78 is 5.16. The number of H-pyrrole nitrogens is 1. The molecule has 118 valence electrons. The van der Waals surface area contributed by atoms with Gasteiger partial charge in [-0.25, -0.2) is 4.98 Å². The van der Waals surface area contributed by atoms with Gasteiger partial charge in [0.25, 0.3) is 0 Å². The maximum absolute atomic E-state index is 6.16. The minimum Gasteiger partial charge on any atom is -0.497 e. The van der Waals surface area contributed by atoms with Crippen LogP contribution in [0, 0.1) is 0 Å². The Kier molecular flexibility index (Phi) is 5.20. The second kappa shape index (κ2) is 7.53. The third-order valence-corrected chi connectivity index (χ3v) is 4.62. The highest BCUT2D eigenvalue weighted by atomic mass is 35.5. The first-order valence-corrected chi connectivity index (χ1v) is 8.51. The van der Waals surface area contributed by atoms with Gasteiger partial charge in [-0.1, -0.05) is 53.7 Å². The van der Waals surface area contributed by atoms with Crippen LogP contribution in [0.2, 0.25) is 5.02 Å². The smallest absolute Gasteiger partial charge is 0.208 e. The van der Waals surface area contributed by atoms with E-state index < -0.39 is 0 Å². The van der Waals surface area contributed by atoms with Gasteiger partial charge in [-0.05, 0) is 29.3 Å². The van der Waals surface area contributed by atoms with Crippen LogP contribution in [-0.4, -0.2) is 22.3 Å². The quantitative estimate of drug-likeness (QED) is 0.675. The Balaban J connectivity index is 1.60. The molecule has 0 fully saturated rings. The Morgan fingerprint density at radius 1 is 1.13 bits per heavy atom. The number of nitrogens with zero attached hydrogens (tertiary/aromatic N) is 2. The van der Waals surface area contributed by atoms with Crippen molar-refractivity contribution in [2.24, 2.45) is 0 Å². The molecule has 1 heterocycles. The van der Waals surface area contributed by atoms with E-state index >= 15 is 0 Å².